The first-order valence-electron chi connectivity index (χ1n) is 10.2. The normalized spacial score (nSPS) is 15.8. The fraction of sp³-hybridized carbons (Fsp3) is 0.318. The van der Waals surface area contributed by atoms with Gasteiger partial charge in [-0.1, -0.05) is 24.3 Å². The maximum Gasteiger partial charge on any atom is 0.335 e. The Morgan fingerprint density at radius 2 is 1.58 bits per heavy atom. The number of carboxylic acids is 2. The Morgan fingerprint density at radius 1 is 1.00 bits per heavy atom. The predicted molar refractivity (Wildman–Crippen MR) is 115 cm³/mol. The minimum absolute atomic E-state index is 0.156. The van der Waals surface area contributed by atoms with Crippen LogP contribution in [0.2, 0.25) is 0 Å². The van der Waals surface area contributed by atoms with Crippen LogP contribution in [0.1, 0.15) is 12.8 Å². The lowest BCUT2D eigenvalue weighted by Gasteiger charge is -2.22. The van der Waals surface area contributed by atoms with E-state index in [2.05, 4.69) is 10.4 Å². The van der Waals surface area contributed by atoms with Crippen molar-refractivity contribution in [3.05, 3.63) is 54.3 Å². The summed E-state index contributed by atoms with van der Waals surface area (Å²) >= 11 is 0. The highest BCUT2D eigenvalue weighted by Gasteiger charge is 2.29. The molecule has 2 heterocycles. The minimum atomic E-state index is -2.27. The third-order valence-electron chi connectivity index (χ3n) is 5.00. The number of hydrogen-bond acceptors (Lipinski definition) is 7. The zero-order valence-electron chi connectivity index (χ0n) is 17.5. The zero-order chi connectivity index (χ0) is 24.0. The van der Waals surface area contributed by atoms with Crippen LogP contribution < -0.4 is 10.1 Å². The summed E-state index contributed by atoms with van der Waals surface area (Å²) in [5.41, 5.74) is 1.28. The van der Waals surface area contributed by atoms with Crippen LogP contribution >= 0.6 is 0 Å². The van der Waals surface area contributed by atoms with Gasteiger partial charge in [-0.15, -0.1) is 5.10 Å². The van der Waals surface area contributed by atoms with Crippen molar-refractivity contribution in [2.45, 2.75) is 31.2 Å². The number of aliphatic carboxylic acids is 2. The Labute approximate surface area is 187 Å². The first-order valence-corrected chi connectivity index (χ1v) is 10.2. The number of para-hydroxylation sites is 2. The SMILES string of the molecule is Fc1ccccc1-n1nc(OC2CCNCC2)c2ccccc21.O=C(O)C(O)C(O)C(=O)O. The van der Waals surface area contributed by atoms with E-state index >= 15 is 0 Å². The van der Waals surface area contributed by atoms with E-state index in [1.807, 2.05) is 30.3 Å². The molecule has 2 atom stereocenters. The number of benzene rings is 2. The number of nitrogens with zero attached hydrogens (tertiary/aromatic N) is 2. The van der Waals surface area contributed by atoms with Gasteiger partial charge in [0.2, 0.25) is 5.88 Å². The molecule has 0 bridgehead atoms. The number of nitrogens with one attached hydrogen (secondary N) is 1. The van der Waals surface area contributed by atoms with Crippen molar-refractivity contribution in [3.63, 3.8) is 0 Å². The highest BCUT2D eigenvalue weighted by Crippen LogP contribution is 2.29. The van der Waals surface area contributed by atoms with Crippen molar-refractivity contribution in [2.75, 3.05) is 13.1 Å². The standard InChI is InChI=1S/C18H18FN3O.C4H6O6/c19-15-6-2-4-8-17(15)22-16-7-3-1-5-14(16)18(21-22)23-13-9-11-20-12-10-13;5-1(3(7)8)2(6)4(9)10/h1-8,13,20H,9-12H2;1-2,5-6H,(H,7,8)(H,9,10). The number of piperidine rings is 1. The highest BCUT2D eigenvalue weighted by molar-refractivity contribution is 5.86. The summed E-state index contributed by atoms with van der Waals surface area (Å²) in [6.07, 6.45) is -2.46. The molecule has 11 heteroatoms. The summed E-state index contributed by atoms with van der Waals surface area (Å²) in [5, 5.41) is 41.3. The third-order valence-corrected chi connectivity index (χ3v) is 5.00. The van der Waals surface area contributed by atoms with Crippen molar-refractivity contribution in [2.24, 2.45) is 0 Å². The van der Waals surface area contributed by atoms with Crippen LogP contribution in [0.25, 0.3) is 16.6 Å². The molecule has 10 nitrogen and oxygen atoms in total. The number of aliphatic hydroxyl groups excluding tert-OH is 2. The number of halogens is 1. The Hall–Kier alpha value is -3.54. The molecule has 1 aliphatic rings. The Balaban J connectivity index is 0.000000262. The molecule has 0 spiro atoms. The maximum atomic E-state index is 14.2. The lowest BCUT2D eigenvalue weighted by atomic mass is 10.1. The molecule has 3 aromatic rings. The molecular weight excluding hydrogens is 437 g/mol. The van der Waals surface area contributed by atoms with Crippen LogP contribution in [0, 0.1) is 5.82 Å². The van der Waals surface area contributed by atoms with E-state index in [4.69, 9.17) is 25.2 Å². The van der Waals surface area contributed by atoms with Gasteiger partial charge in [0, 0.05) is 0 Å². The molecule has 2 aromatic carbocycles. The first kappa shape index (κ1) is 24.1. The van der Waals surface area contributed by atoms with Crippen LogP contribution in [0.5, 0.6) is 5.88 Å². The van der Waals surface area contributed by atoms with Crippen LogP contribution in [0.15, 0.2) is 48.5 Å². The average Bonchev–Trinajstić information content (AvgIpc) is 3.17. The lowest BCUT2D eigenvalue weighted by Crippen LogP contribution is -2.39. The number of carbonyl (C=O) groups is 2. The largest absolute Gasteiger partial charge is 0.479 e. The molecule has 1 saturated heterocycles. The molecule has 2 unspecified atom stereocenters. The van der Waals surface area contributed by atoms with Crippen LogP contribution in [0.4, 0.5) is 4.39 Å². The average molecular weight is 461 g/mol. The third kappa shape index (κ3) is 5.83. The van der Waals surface area contributed by atoms with Gasteiger partial charge in [0.25, 0.3) is 0 Å². The van der Waals surface area contributed by atoms with E-state index in [-0.39, 0.29) is 11.9 Å². The smallest absolute Gasteiger partial charge is 0.335 e. The number of rotatable bonds is 6. The van der Waals surface area contributed by atoms with Gasteiger partial charge in [0.05, 0.1) is 10.9 Å². The van der Waals surface area contributed by atoms with Crippen molar-refractivity contribution in [1.82, 2.24) is 15.1 Å². The molecule has 0 amide bonds. The molecule has 5 N–H and O–H groups in total. The molecule has 176 valence electrons. The second kappa shape index (κ2) is 10.9. The fourth-order valence-corrected chi connectivity index (χ4v) is 3.27. The Morgan fingerprint density at radius 3 is 2.18 bits per heavy atom. The number of hydrogen-bond donors (Lipinski definition) is 5. The van der Waals surface area contributed by atoms with E-state index in [0.29, 0.717) is 11.6 Å². The van der Waals surface area contributed by atoms with Gasteiger partial charge in [-0.25, -0.2) is 18.7 Å². The molecular formula is C22H24FN3O7. The predicted octanol–water partition coefficient (Wildman–Crippen LogP) is 1.17. The highest BCUT2D eigenvalue weighted by atomic mass is 19.1. The molecule has 0 radical (unpaired) electrons. The summed E-state index contributed by atoms with van der Waals surface area (Å²) in [6.45, 7) is 1.91. The van der Waals surface area contributed by atoms with E-state index in [1.165, 1.54) is 6.07 Å². The first-order chi connectivity index (χ1) is 15.8. The van der Waals surface area contributed by atoms with Crippen LogP contribution in [-0.4, -0.2) is 73.5 Å². The summed E-state index contributed by atoms with van der Waals surface area (Å²) < 4.78 is 21.9. The maximum absolute atomic E-state index is 14.2. The second-order valence-corrected chi connectivity index (χ2v) is 7.32. The number of aromatic nitrogens is 2. The summed E-state index contributed by atoms with van der Waals surface area (Å²) in [7, 11) is 0. The molecule has 33 heavy (non-hydrogen) atoms. The van der Waals surface area contributed by atoms with E-state index in [1.54, 1.807) is 16.8 Å². The van der Waals surface area contributed by atoms with E-state index in [9.17, 15) is 14.0 Å². The minimum Gasteiger partial charge on any atom is -0.479 e. The monoisotopic (exact) mass is 461 g/mol. The molecule has 0 saturated carbocycles. The Bertz CT molecular complexity index is 1100. The molecule has 1 aliphatic heterocycles. The van der Waals surface area contributed by atoms with E-state index in [0.717, 1.165) is 36.8 Å². The number of aliphatic hydroxyl groups is 2. The summed E-state index contributed by atoms with van der Waals surface area (Å²) in [4.78, 5) is 19.5. The van der Waals surface area contributed by atoms with Gasteiger partial charge >= 0.3 is 11.9 Å². The van der Waals surface area contributed by atoms with Crippen molar-refractivity contribution in [3.8, 4) is 11.6 Å². The summed E-state index contributed by atoms with van der Waals surface area (Å²) in [5.74, 6) is -3.25. The van der Waals surface area contributed by atoms with E-state index < -0.39 is 24.1 Å². The van der Waals surface area contributed by atoms with Crippen molar-refractivity contribution >= 4 is 22.8 Å². The van der Waals surface area contributed by atoms with Gasteiger partial charge in [0.15, 0.2) is 12.2 Å². The van der Waals surface area contributed by atoms with Gasteiger partial charge in [-0.05, 0) is 50.2 Å². The van der Waals surface area contributed by atoms with Crippen LogP contribution in [-0.2, 0) is 9.59 Å². The van der Waals surface area contributed by atoms with Gasteiger partial charge < -0.3 is 30.5 Å². The quantitative estimate of drug-likeness (QED) is 0.364. The molecule has 4 rings (SSSR count). The second-order valence-electron chi connectivity index (χ2n) is 7.32. The van der Waals surface area contributed by atoms with Gasteiger partial charge in [0.1, 0.15) is 17.6 Å². The molecule has 1 fully saturated rings. The molecule has 0 aliphatic carbocycles. The zero-order valence-corrected chi connectivity index (χ0v) is 17.5. The number of fused-ring (bicyclic) bond motifs is 1. The lowest BCUT2D eigenvalue weighted by molar-refractivity contribution is -0.165. The number of ether oxygens (including phenoxy) is 1. The van der Waals surface area contributed by atoms with Gasteiger partial charge in [-0.3, -0.25) is 0 Å². The number of carboxylic acid groups (broad SMARTS) is 2. The molecule has 1 aromatic heterocycles. The van der Waals surface area contributed by atoms with Crippen LogP contribution in [0.3, 0.4) is 0 Å². The Kier molecular flexibility index (Phi) is 7.93. The summed E-state index contributed by atoms with van der Waals surface area (Å²) in [6, 6.07) is 14.4. The topological polar surface area (TPSA) is 154 Å². The fourth-order valence-electron chi connectivity index (χ4n) is 3.27. The van der Waals surface area contributed by atoms with Crippen molar-refractivity contribution < 1.29 is 39.1 Å². The van der Waals surface area contributed by atoms with Gasteiger partial charge in [-0.2, -0.15) is 0 Å². The van der Waals surface area contributed by atoms with Crippen molar-refractivity contribution in [1.29, 1.82) is 0 Å².